The minimum atomic E-state index is -0.473. The van der Waals surface area contributed by atoms with E-state index in [1.54, 1.807) is 30.3 Å². The number of benzene rings is 2. The lowest BCUT2D eigenvalue weighted by Gasteiger charge is -2.17. The number of nitrogens with one attached hydrogen (secondary N) is 1. The number of para-hydroxylation sites is 1. The highest BCUT2D eigenvalue weighted by molar-refractivity contribution is 6.34. The zero-order chi connectivity index (χ0) is 17.6. The number of nitriles is 1. The van der Waals surface area contributed by atoms with Crippen molar-refractivity contribution in [2.75, 3.05) is 23.3 Å². The summed E-state index contributed by atoms with van der Waals surface area (Å²) in [6, 6.07) is 16.8. The van der Waals surface area contributed by atoms with Crippen LogP contribution in [-0.4, -0.2) is 19.0 Å². The number of halogens is 1. The Labute approximate surface area is 152 Å². The van der Waals surface area contributed by atoms with Crippen molar-refractivity contribution in [3.05, 3.63) is 64.7 Å². The van der Waals surface area contributed by atoms with Crippen LogP contribution in [0.1, 0.15) is 18.4 Å². The Balaban J connectivity index is 1.74. The van der Waals surface area contributed by atoms with Crippen LogP contribution in [0.4, 0.5) is 11.4 Å². The van der Waals surface area contributed by atoms with Crippen molar-refractivity contribution in [3.63, 3.8) is 0 Å². The van der Waals surface area contributed by atoms with Crippen molar-refractivity contribution in [2.24, 2.45) is 0 Å². The third-order valence-electron chi connectivity index (χ3n) is 4.16. The molecule has 1 aliphatic heterocycles. The van der Waals surface area contributed by atoms with E-state index in [9.17, 15) is 10.1 Å². The molecule has 1 fully saturated rings. The van der Waals surface area contributed by atoms with Crippen LogP contribution in [0.15, 0.2) is 54.1 Å². The van der Waals surface area contributed by atoms with Gasteiger partial charge >= 0.3 is 0 Å². The first-order chi connectivity index (χ1) is 12.2. The van der Waals surface area contributed by atoms with Gasteiger partial charge in [-0.05, 0) is 48.7 Å². The van der Waals surface area contributed by atoms with E-state index >= 15 is 0 Å². The number of rotatable bonds is 4. The summed E-state index contributed by atoms with van der Waals surface area (Å²) in [6.45, 7) is 2.16. The van der Waals surface area contributed by atoms with Crippen LogP contribution in [0.25, 0.3) is 6.08 Å². The van der Waals surface area contributed by atoms with E-state index in [0.717, 1.165) is 18.7 Å². The summed E-state index contributed by atoms with van der Waals surface area (Å²) in [7, 11) is 0. The van der Waals surface area contributed by atoms with E-state index in [4.69, 9.17) is 11.6 Å². The molecule has 2 aromatic carbocycles. The van der Waals surface area contributed by atoms with Crippen molar-refractivity contribution in [2.45, 2.75) is 12.8 Å². The normalized spacial score (nSPS) is 14.2. The number of carbonyl (C=O) groups is 1. The van der Waals surface area contributed by atoms with Crippen LogP contribution in [0.5, 0.6) is 0 Å². The fourth-order valence-corrected chi connectivity index (χ4v) is 3.01. The molecule has 1 heterocycles. The quantitative estimate of drug-likeness (QED) is 0.652. The Kier molecular flexibility index (Phi) is 5.37. The van der Waals surface area contributed by atoms with Gasteiger partial charge in [-0.3, -0.25) is 4.79 Å². The van der Waals surface area contributed by atoms with E-state index < -0.39 is 5.91 Å². The lowest BCUT2D eigenvalue weighted by Crippen LogP contribution is -2.17. The number of hydrogen-bond donors (Lipinski definition) is 1. The van der Waals surface area contributed by atoms with Crippen LogP contribution in [0, 0.1) is 11.3 Å². The van der Waals surface area contributed by atoms with Gasteiger partial charge in [0.05, 0.1) is 10.7 Å². The Morgan fingerprint density at radius 1 is 1.12 bits per heavy atom. The van der Waals surface area contributed by atoms with Gasteiger partial charge in [0, 0.05) is 18.8 Å². The summed E-state index contributed by atoms with van der Waals surface area (Å²) >= 11 is 6.03. The van der Waals surface area contributed by atoms with Gasteiger partial charge in [0.15, 0.2) is 0 Å². The summed E-state index contributed by atoms with van der Waals surface area (Å²) in [4.78, 5) is 14.6. The van der Waals surface area contributed by atoms with Crippen molar-refractivity contribution in [1.29, 1.82) is 5.26 Å². The third-order valence-corrected chi connectivity index (χ3v) is 4.49. The first-order valence-corrected chi connectivity index (χ1v) is 8.58. The summed E-state index contributed by atoms with van der Waals surface area (Å²) in [6.07, 6.45) is 4.03. The molecule has 1 amide bonds. The summed E-state index contributed by atoms with van der Waals surface area (Å²) < 4.78 is 0. The molecule has 3 rings (SSSR count). The van der Waals surface area contributed by atoms with E-state index in [1.165, 1.54) is 18.5 Å². The van der Waals surface area contributed by atoms with Gasteiger partial charge in [-0.1, -0.05) is 35.9 Å². The van der Waals surface area contributed by atoms with Crippen LogP contribution < -0.4 is 10.2 Å². The highest BCUT2D eigenvalue weighted by atomic mass is 35.5. The molecule has 2 aromatic rings. The Hall–Kier alpha value is -2.77. The molecule has 0 aromatic heterocycles. The average Bonchev–Trinajstić information content (AvgIpc) is 3.16. The standard InChI is InChI=1S/C20H18ClN3O/c21-18-5-1-2-6-19(18)23-20(25)16(14-22)13-15-7-9-17(10-8-15)24-11-3-4-12-24/h1-2,5-10,13H,3-4,11-12H2,(H,23,25). The molecule has 0 radical (unpaired) electrons. The molecule has 0 unspecified atom stereocenters. The van der Waals surface area contributed by atoms with E-state index in [2.05, 4.69) is 10.2 Å². The van der Waals surface area contributed by atoms with Gasteiger partial charge in [0.25, 0.3) is 5.91 Å². The fourth-order valence-electron chi connectivity index (χ4n) is 2.82. The maximum Gasteiger partial charge on any atom is 0.266 e. The minimum absolute atomic E-state index is 0.0360. The smallest absolute Gasteiger partial charge is 0.266 e. The molecule has 0 aliphatic carbocycles. The van der Waals surface area contributed by atoms with Gasteiger partial charge in [-0.15, -0.1) is 0 Å². The average molecular weight is 352 g/mol. The van der Waals surface area contributed by atoms with E-state index in [1.807, 2.05) is 30.3 Å². The van der Waals surface area contributed by atoms with Crippen molar-refractivity contribution in [1.82, 2.24) is 0 Å². The molecule has 0 saturated carbocycles. The molecule has 0 spiro atoms. The summed E-state index contributed by atoms with van der Waals surface area (Å²) in [5, 5.41) is 12.4. The molecule has 126 valence electrons. The number of anilines is 2. The van der Waals surface area contributed by atoms with Gasteiger partial charge in [-0.2, -0.15) is 5.26 Å². The monoisotopic (exact) mass is 351 g/mol. The number of carbonyl (C=O) groups excluding carboxylic acids is 1. The van der Waals surface area contributed by atoms with Gasteiger partial charge in [0.2, 0.25) is 0 Å². The maximum atomic E-state index is 12.3. The van der Waals surface area contributed by atoms with Gasteiger partial charge in [0.1, 0.15) is 11.6 Å². The summed E-state index contributed by atoms with van der Waals surface area (Å²) in [5.74, 6) is -0.473. The second-order valence-corrected chi connectivity index (χ2v) is 6.30. The summed E-state index contributed by atoms with van der Waals surface area (Å²) in [5.41, 5.74) is 2.51. The minimum Gasteiger partial charge on any atom is -0.372 e. The first-order valence-electron chi connectivity index (χ1n) is 8.20. The molecule has 0 atom stereocenters. The molecule has 25 heavy (non-hydrogen) atoms. The first kappa shape index (κ1) is 17.1. The fraction of sp³-hybridized carbons (Fsp3) is 0.200. The maximum absolute atomic E-state index is 12.3. The van der Waals surface area contributed by atoms with Gasteiger partial charge < -0.3 is 10.2 Å². The molecular formula is C20H18ClN3O. The predicted octanol–water partition coefficient (Wildman–Crippen LogP) is 4.49. The van der Waals surface area contributed by atoms with E-state index in [-0.39, 0.29) is 5.57 Å². The predicted molar refractivity (Wildman–Crippen MR) is 102 cm³/mol. The molecule has 5 heteroatoms. The highest BCUT2D eigenvalue weighted by Gasteiger charge is 2.13. The molecule has 1 N–H and O–H groups in total. The lowest BCUT2D eigenvalue weighted by atomic mass is 10.1. The van der Waals surface area contributed by atoms with E-state index in [0.29, 0.717) is 10.7 Å². The third kappa shape index (κ3) is 4.20. The van der Waals surface area contributed by atoms with Crippen LogP contribution in [0.2, 0.25) is 5.02 Å². The molecular weight excluding hydrogens is 334 g/mol. The molecule has 0 bridgehead atoms. The number of nitrogens with zero attached hydrogens (tertiary/aromatic N) is 2. The van der Waals surface area contributed by atoms with Crippen LogP contribution in [-0.2, 0) is 4.79 Å². The lowest BCUT2D eigenvalue weighted by molar-refractivity contribution is -0.112. The second kappa shape index (κ2) is 7.87. The molecule has 1 aliphatic rings. The van der Waals surface area contributed by atoms with Crippen LogP contribution >= 0.6 is 11.6 Å². The second-order valence-electron chi connectivity index (χ2n) is 5.89. The molecule has 4 nitrogen and oxygen atoms in total. The number of amides is 1. The topological polar surface area (TPSA) is 56.1 Å². The van der Waals surface area contributed by atoms with Crippen molar-refractivity contribution < 1.29 is 4.79 Å². The van der Waals surface area contributed by atoms with Crippen LogP contribution in [0.3, 0.4) is 0 Å². The zero-order valence-corrected chi connectivity index (χ0v) is 14.5. The largest absolute Gasteiger partial charge is 0.372 e. The zero-order valence-electron chi connectivity index (χ0n) is 13.7. The van der Waals surface area contributed by atoms with Gasteiger partial charge in [-0.25, -0.2) is 0 Å². The van der Waals surface area contributed by atoms with Crippen molar-refractivity contribution >= 4 is 35.0 Å². The number of hydrogen-bond acceptors (Lipinski definition) is 3. The Morgan fingerprint density at radius 2 is 1.80 bits per heavy atom. The Bertz CT molecular complexity index is 831. The highest BCUT2D eigenvalue weighted by Crippen LogP contribution is 2.23. The van der Waals surface area contributed by atoms with Crippen molar-refractivity contribution in [3.8, 4) is 6.07 Å². The Morgan fingerprint density at radius 3 is 2.44 bits per heavy atom. The SMILES string of the molecule is N#CC(=Cc1ccc(N2CCCC2)cc1)C(=O)Nc1ccccc1Cl. The molecule has 1 saturated heterocycles.